The fourth-order valence-electron chi connectivity index (χ4n) is 2.46. The summed E-state index contributed by atoms with van der Waals surface area (Å²) in [5, 5.41) is 0. The summed E-state index contributed by atoms with van der Waals surface area (Å²) in [6, 6.07) is 9.06. The molecule has 2 N–H and O–H groups in total. The summed E-state index contributed by atoms with van der Waals surface area (Å²) in [5.41, 5.74) is 8.39. The van der Waals surface area contributed by atoms with Gasteiger partial charge in [-0.15, -0.1) is 0 Å². The topological polar surface area (TPSA) is 50.9 Å². The van der Waals surface area contributed by atoms with Crippen molar-refractivity contribution in [2.75, 3.05) is 13.7 Å². The smallest absolute Gasteiger partial charge is 0.192 e. The Kier molecular flexibility index (Phi) is 3.87. The number of nitrogens with two attached hydrogens (primary N) is 1. The van der Waals surface area contributed by atoms with Crippen LogP contribution in [0.2, 0.25) is 0 Å². The monoisotopic (exact) mass is 247 g/mol. The molecule has 18 heavy (non-hydrogen) atoms. The molecule has 1 aromatic carbocycles. The van der Waals surface area contributed by atoms with Gasteiger partial charge in [-0.3, -0.25) is 4.99 Å². The number of hydrogen-bond acceptors (Lipinski definition) is 4. The number of benzene rings is 1. The lowest BCUT2D eigenvalue weighted by Crippen LogP contribution is -2.40. The molecule has 1 aliphatic heterocycles. The van der Waals surface area contributed by atoms with Crippen molar-refractivity contribution >= 4 is 5.96 Å². The molecule has 0 radical (unpaired) electrons. The molecule has 0 aromatic heterocycles. The van der Waals surface area contributed by atoms with E-state index in [2.05, 4.69) is 48.0 Å². The van der Waals surface area contributed by atoms with Crippen LogP contribution in [-0.2, 0) is 11.3 Å². The molecular weight excluding hydrogens is 226 g/mol. The maximum absolute atomic E-state index is 5.96. The molecule has 1 aliphatic rings. The maximum atomic E-state index is 5.96. The molecule has 0 spiro atoms. The van der Waals surface area contributed by atoms with E-state index in [1.54, 1.807) is 7.11 Å². The molecule has 1 unspecified atom stereocenters. The minimum atomic E-state index is 0.252. The SMILES string of the molecule is COCc1cccc(C2CN=C(N)N2C(C)C)c1. The number of aliphatic imine (C=N–C) groups is 1. The van der Waals surface area contributed by atoms with Gasteiger partial charge in [-0.2, -0.15) is 0 Å². The minimum absolute atomic E-state index is 0.252. The number of guanidine groups is 1. The van der Waals surface area contributed by atoms with Crippen molar-refractivity contribution in [3.8, 4) is 0 Å². The number of methoxy groups -OCH3 is 1. The number of nitrogens with zero attached hydrogens (tertiary/aromatic N) is 2. The summed E-state index contributed by atoms with van der Waals surface area (Å²) in [6.45, 7) is 5.65. The van der Waals surface area contributed by atoms with Gasteiger partial charge in [-0.05, 0) is 25.0 Å². The zero-order valence-electron chi connectivity index (χ0n) is 11.3. The van der Waals surface area contributed by atoms with Gasteiger partial charge in [-0.1, -0.05) is 24.3 Å². The van der Waals surface area contributed by atoms with Crippen LogP contribution in [0.3, 0.4) is 0 Å². The molecular formula is C14H21N3O. The standard InChI is InChI=1S/C14H21N3O/c1-10(2)17-13(8-16-14(17)15)12-6-4-5-11(7-12)9-18-3/h4-7,10,13H,8-9H2,1-3H3,(H2,15,16). The van der Waals surface area contributed by atoms with Crippen LogP contribution in [0.4, 0.5) is 0 Å². The van der Waals surface area contributed by atoms with Gasteiger partial charge >= 0.3 is 0 Å². The van der Waals surface area contributed by atoms with Crippen LogP contribution in [0, 0.1) is 0 Å². The summed E-state index contributed by atoms with van der Waals surface area (Å²) in [4.78, 5) is 6.53. The van der Waals surface area contributed by atoms with Crippen LogP contribution in [0.5, 0.6) is 0 Å². The van der Waals surface area contributed by atoms with Crippen LogP contribution in [0.15, 0.2) is 29.3 Å². The second-order valence-corrected chi connectivity index (χ2v) is 4.89. The molecule has 4 nitrogen and oxygen atoms in total. The lowest BCUT2D eigenvalue weighted by atomic mass is 10.0. The van der Waals surface area contributed by atoms with Crippen molar-refractivity contribution in [3.63, 3.8) is 0 Å². The molecule has 0 saturated carbocycles. The molecule has 98 valence electrons. The van der Waals surface area contributed by atoms with E-state index >= 15 is 0 Å². The highest BCUT2D eigenvalue weighted by atomic mass is 16.5. The Labute approximate surface area is 108 Å². The van der Waals surface area contributed by atoms with Gasteiger partial charge in [-0.25, -0.2) is 0 Å². The molecule has 4 heteroatoms. The molecule has 0 saturated heterocycles. The van der Waals surface area contributed by atoms with Crippen LogP contribution in [0.25, 0.3) is 0 Å². The first-order chi connectivity index (χ1) is 8.63. The zero-order chi connectivity index (χ0) is 13.1. The van der Waals surface area contributed by atoms with E-state index in [1.807, 2.05) is 0 Å². The predicted molar refractivity (Wildman–Crippen MR) is 73.4 cm³/mol. The molecule has 1 heterocycles. The Morgan fingerprint density at radius 3 is 2.94 bits per heavy atom. The Bertz CT molecular complexity index is 442. The molecule has 2 rings (SSSR count). The van der Waals surface area contributed by atoms with Crippen molar-refractivity contribution in [2.24, 2.45) is 10.7 Å². The number of hydrogen-bond donors (Lipinski definition) is 1. The first-order valence-electron chi connectivity index (χ1n) is 6.29. The predicted octanol–water partition coefficient (Wildman–Crippen LogP) is 1.91. The quantitative estimate of drug-likeness (QED) is 0.884. The van der Waals surface area contributed by atoms with Gasteiger partial charge in [0.05, 0.1) is 19.2 Å². The van der Waals surface area contributed by atoms with E-state index in [-0.39, 0.29) is 6.04 Å². The largest absolute Gasteiger partial charge is 0.380 e. The van der Waals surface area contributed by atoms with Crippen molar-refractivity contribution in [3.05, 3.63) is 35.4 Å². The van der Waals surface area contributed by atoms with E-state index in [1.165, 1.54) is 11.1 Å². The minimum Gasteiger partial charge on any atom is -0.380 e. The van der Waals surface area contributed by atoms with Gasteiger partial charge in [0, 0.05) is 13.2 Å². The van der Waals surface area contributed by atoms with Crippen LogP contribution < -0.4 is 5.73 Å². The average molecular weight is 247 g/mol. The summed E-state index contributed by atoms with van der Waals surface area (Å²) in [6.07, 6.45) is 0. The first-order valence-corrected chi connectivity index (χ1v) is 6.29. The van der Waals surface area contributed by atoms with E-state index in [9.17, 15) is 0 Å². The highest BCUT2D eigenvalue weighted by Crippen LogP contribution is 2.28. The second-order valence-electron chi connectivity index (χ2n) is 4.89. The Hall–Kier alpha value is -1.55. The van der Waals surface area contributed by atoms with Crippen molar-refractivity contribution in [1.82, 2.24) is 4.90 Å². The third kappa shape index (κ3) is 2.48. The van der Waals surface area contributed by atoms with E-state index in [4.69, 9.17) is 10.5 Å². The number of ether oxygens (including phenoxy) is 1. The molecule has 0 aliphatic carbocycles. The second kappa shape index (κ2) is 5.40. The fraction of sp³-hybridized carbons (Fsp3) is 0.500. The Morgan fingerprint density at radius 1 is 1.50 bits per heavy atom. The van der Waals surface area contributed by atoms with E-state index < -0.39 is 0 Å². The highest BCUT2D eigenvalue weighted by Gasteiger charge is 2.29. The number of rotatable bonds is 4. The molecule has 0 fully saturated rings. The van der Waals surface area contributed by atoms with Crippen LogP contribution >= 0.6 is 0 Å². The summed E-state index contributed by atoms with van der Waals surface area (Å²) < 4.78 is 5.17. The molecule has 0 amide bonds. The van der Waals surface area contributed by atoms with Gasteiger partial charge in [0.2, 0.25) is 0 Å². The normalized spacial score (nSPS) is 19.4. The third-order valence-corrected chi connectivity index (χ3v) is 3.23. The zero-order valence-corrected chi connectivity index (χ0v) is 11.3. The van der Waals surface area contributed by atoms with E-state index in [0.29, 0.717) is 18.6 Å². The summed E-state index contributed by atoms with van der Waals surface area (Å²) in [7, 11) is 1.71. The fourth-order valence-corrected chi connectivity index (χ4v) is 2.46. The van der Waals surface area contributed by atoms with Gasteiger partial charge in [0.1, 0.15) is 0 Å². The third-order valence-electron chi connectivity index (χ3n) is 3.23. The van der Waals surface area contributed by atoms with Crippen LogP contribution in [0.1, 0.15) is 31.0 Å². The first kappa shape index (κ1) is 12.9. The van der Waals surface area contributed by atoms with Gasteiger partial charge in [0.15, 0.2) is 5.96 Å². The lowest BCUT2D eigenvalue weighted by Gasteiger charge is -2.30. The Balaban J connectivity index is 2.23. The van der Waals surface area contributed by atoms with Crippen molar-refractivity contribution in [1.29, 1.82) is 0 Å². The molecule has 0 bridgehead atoms. The maximum Gasteiger partial charge on any atom is 0.192 e. The van der Waals surface area contributed by atoms with Crippen molar-refractivity contribution in [2.45, 2.75) is 32.5 Å². The van der Waals surface area contributed by atoms with Gasteiger partial charge in [0.25, 0.3) is 0 Å². The summed E-state index contributed by atoms with van der Waals surface area (Å²) >= 11 is 0. The van der Waals surface area contributed by atoms with E-state index in [0.717, 1.165) is 6.54 Å². The summed E-state index contributed by atoms with van der Waals surface area (Å²) in [5.74, 6) is 0.646. The highest BCUT2D eigenvalue weighted by molar-refractivity contribution is 5.80. The lowest BCUT2D eigenvalue weighted by molar-refractivity contribution is 0.184. The average Bonchev–Trinajstić information content (AvgIpc) is 2.72. The van der Waals surface area contributed by atoms with Gasteiger partial charge < -0.3 is 15.4 Å². The van der Waals surface area contributed by atoms with Crippen LogP contribution in [-0.4, -0.2) is 30.6 Å². The van der Waals surface area contributed by atoms with Crippen molar-refractivity contribution < 1.29 is 4.74 Å². The molecule has 1 aromatic rings. The Morgan fingerprint density at radius 2 is 2.28 bits per heavy atom. The molecule has 1 atom stereocenters.